The second-order valence-electron chi connectivity index (χ2n) is 5.27. The molecule has 0 saturated carbocycles. The zero-order valence-electron chi connectivity index (χ0n) is 12.5. The minimum atomic E-state index is -3.52. The summed E-state index contributed by atoms with van der Waals surface area (Å²) < 4.78 is 32.1. The Labute approximate surface area is 131 Å². The molecule has 0 aliphatic heterocycles. The van der Waals surface area contributed by atoms with Crippen molar-refractivity contribution in [1.82, 2.24) is 0 Å². The maximum Gasteiger partial charge on any atom is 0.264 e. The number of aliphatic hydroxyl groups excluding tert-OH is 1. The van der Waals surface area contributed by atoms with Gasteiger partial charge in [0.2, 0.25) is 0 Å². The van der Waals surface area contributed by atoms with Gasteiger partial charge in [-0.3, -0.25) is 4.18 Å². The first kappa shape index (κ1) is 18.2. The van der Waals surface area contributed by atoms with Crippen molar-refractivity contribution in [1.29, 1.82) is 0 Å². The predicted octanol–water partition coefficient (Wildman–Crippen LogP) is 2.77. The molecule has 2 atom stereocenters. The molecule has 1 aromatic rings. The van der Waals surface area contributed by atoms with Crippen molar-refractivity contribution in [3.63, 3.8) is 0 Å². The van der Waals surface area contributed by atoms with E-state index in [0.717, 1.165) is 6.26 Å². The van der Waals surface area contributed by atoms with Gasteiger partial charge in [0.15, 0.2) is 0 Å². The first-order chi connectivity index (χ1) is 9.60. The summed E-state index contributed by atoms with van der Waals surface area (Å²) >= 11 is 6.11. The molecule has 21 heavy (non-hydrogen) atoms. The number of hydrogen-bond acceptors (Lipinski definition) is 5. The van der Waals surface area contributed by atoms with E-state index in [1.54, 1.807) is 25.1 Å². The number of rotatable bonds is 7. The lowest BCUT2D eigenvalue weighted by Gasteiger charge is -2.20. The summed E-state index contributed by atoms with van der Waals surface area (Å²) in [6.07, 6.45) is 0.0961. The van der Waals surface area contributed by atoms with Gasteiger partial charge in [0.1, 0.15) is 5.75 Å². The first-order valence-corrected chi connectivity index (χ1v) is 8.78. The highest BCUT2D eigenvalue weighted by Gasteiger charge is 2.20. The smallest absolute Gasteiger partial charge is 0.264 e. The first-order valence-electron chi connectivity index (χ1n) is 6.58. The molecule has 0 spiro atoms. The molecule has 0 fully saturated rings. The second-order valence-corrected chi connectivity index (χ2v) is 7.32. The zero-order chi connectivity index (χ0) is 16.2. The van der Waals surface area contributed by atoms with E-state index in [2.05, 4.69) is 0 Å². The highest BCUT2D eigenvalue weighted by Crippen LogP contribution is 2.31. The normalized spacial score (nSPS) is 15.0. The van der Waals surface area contributed by atoms with Crippen LogP contribution in [0.4, 0.5) is 0 Å². The van der Waals surface area contributed by atoms with Gasteiger partial charge < -0.3 is 9.84 Å². The van der Waals surface area contributed by atoms with Gasteiger partial charge in [-0.25, -0.2) is 0 Å². The van der Waals surface area contributed by atoms with Gasteiger partial charge in [-0.15, -0.1) is 0 Å². The second kappa shape index (κ2) is 7.45. The van der Waals surface area contributed by atoms with E-state index >= 15 is 0 Å². The third kappa shape index (κ3) is 6.22. The molecule has 7 heteroatoms. The summed E-state index contributed by atoms with van der Waals surface area (Å²) in [5.41, 5.74) is 0.584. The van der Waals surface area contributed by atoms with Crippen molar-refractivity contribution in [2.45, 2.75) is 33.0 Å². The lowest BCUT2D eigenvalue weighted by molar-refractivity contribution is 0.0867. The summed E-state index contributed by atoms with van der Waals surface area (Å²) in [6.45, 7) is 5.39. The molecule has 0 bridgehead atoms. The Bertz CT molecular complexity index is 571. The topological polar surface area (TPSA) is 72.8 Å². The fourth-order valence-electron chi connectivity index (χ4n) is 1.70. The highest BCUT2D eigenvalue weighted by molar-refractivity contribution is 7.85. The Kier molecular flexibility index (Phi) is 6.46. The van der Waals surface area contributed by atoms with Crippen molar-refractivity contribution in [2.75, 3.05) is 12.9 Å². The van der Waals surface area contributed by atoms with Crippen LogP contribution in [0.2, 0.25) is 5.02 Å². The van der Waals surface area contributed by atoms with Crippen LogP contribution in [0.3, 0.4) is 0 Å². The largest absolute Gasteiger partial charge is 0.489 e. The lowest BCUT2D eigenvalue weighted by atomic mass is 9.98. The summed E-state index contributed by atoms with van der Waals surface area (Å²) in [4.78, 5) is 0. The van der Waals surface area contributed by atoms with Gasteiger partial charge in [0.05, 0.1) is 30.1 Å². The van der Waals surface area contributed by atoms with Crippen LogP contribution >= 0.6 is 11.6 Å². The van der Waals surface area contributed by atoms with Crippen molar-refractivity contribution in [2.24, 2.45) is 5.92 Å². The molecule has 5 nitrogen and oxygen atoms in total. The van der Waals surface area contributed by atoms with Crippen LogP contribution in [0.1, 0.15) is 32.4 Å². The SMILES string of the molecule is CC(C)Oc1ccc(C(O)[C@H](C)COS(C)(=O)=O)cc1Cl. The Morgan fingerprint density at radius 2 is 1.90 bits per heavy atom. The molecule has 1 rings (SSSR count). The van der Waals surface area contributed by atoms with E-state index in [0.29, 0.717) is 16.3 Å². The average molecular weight is 337 g/mol. The molecule has 0 aliphatic rings. The molecule has 0 saturated heterocycles. The minimum Gasteiger partial charge on any atom is -0.489 e. The van der Waals surface area contributed by atoms with E-state index in [1.165, 1.54) is 0 Å². The number of aliphatic hydroxyl groups is 1. The molecule has 1 unspecified atom stereocenters. The number of ether oxygens (including phenoxy) is 1. The molecule has 0 heterocycles. The molecule has 1 N–H and O–H groups in total. The average Bonchev–Trinajstić information content (AvgIpc) is 2.36. The molecule has 0 aromatic heterocycles. The van der Waals surface area contributed by atoms with Crippen molar-refractivity contribution in [3.8, 4) is 5.75 Å². The molecule has 0 radical (unpaired) electrons. The van der Waals surface area contributed by atoms with Crippen LogP contribution in [-0.4, -0.2) is 32.5 Å². The van der Waals surface area contributed by atoms with Crippen LogP contribution in [0.15, 0.2) is 18.2 Å². The molecule has 0 aliphatic carbocycles. The van der Waals surface area contributed by atoms with Crippen molar-refractivity contribution < 1.29 is 22.4 Å². The minimum absolute atomic E-state index is 0.000331. The van der Waals surface area contributed by atoms with Crippen LogP contribution in [0.5, 0.6) is 5.75 Å². The van der Waals surface area contributed by atoms with Gasteiger partial charge in [-0.2, -0.15) is 8.42 Å². The summed E-state index contributed by atoms with van der Waals surface area (Å²) in [7, 11) is -3.52. The van der Waals surface area contributed by atoms with Crippen molar-refractivity contribution >= 4 is 21.7 Å². The van der Waals surface area contributed by atoms with Crippen LogP contribution in [0, 0.1) is 5.92 Å². The van der Waals surface area contributed by atoms with Crippen LogP contribution in [0.25, 0.3) is 0 Å². The maximum atomic E-state index is 11.0. The fraction of sp³-hybridized carbons (Fsp3) is 0.571. The van der Waals surface area contributed by atoms with E-state index in [9.17, 15) is 13.5 Å². The van der Waals surface area contributed by atoms with E-state index in [-0.39, 0.29) is 12.7 Å². The fourth-order valence-corrected chi connectivity index (χ4v) is 2.40. The van der Waals surface area contributed by atoms with Gasteiger partial charge >= 0.3 is 0 Å². The predicted molar refractivity (Wildman–Crippen MR) is 82.1 cm³/mol. The number of halogens is 1. The van der Waals surface area contributed by atoms with Gasteiger partial charge in [-0.1, -0.05) is 24.6 Å². The summed E-state index contributed by atoms with van der Waals surface area (Å²) in [6, 6.07) is 5.00. The Morgan fingerprint density at radius 3 is 2.38 bits per heavy atom. The lowest BCUT2D eigenvalue weighted by Crippen LogP contribution is -2.18. The highest BCUT2D eigenvalue weighted by atomic mass is 35.5. The third-order valence-electron chi connectivity index (χ3n) is 2.74. The van der Waals surface area contributed by atoms with Crippen LogP contribution in [-0.2, 0) is 14.3 Å². The van der Waals surface area contributed by atoms with E-state index < -0.39 is 22.1 Å². The molecule has 0 amide bonds. The Balaban J connectivity index is 2.78. The van der Waals surface area contributed by atoms with E-state index in [1.807, 2.05) is 13.8 Å². The Morgan fingerprint density at radius 1 is 1.29 bits per heavy atom. The summed E-state index contributed by atoms with van der Waals surface area (Å²) in [5.74, 6) is 0.148. The van der Waals surface area contributed by atoms with Gasteiger partial charge in [-0.05, 0) is 31.5 Å². The summed E-state index contributed by atoms with van der Waals surface area (Å²) in [5, 5.41) is 10.6. The maximum absolute atomic E-state index is 11.0. The standard InChI is InChI=1S/C14H21ClO5S/c1-9(2)20-13-6-5-11(7-12(13)15)14(16)10(3)8-19-21(4,17)18/h5-7,9-10,14,16H,8H2,1-4H3/t10-,14?/m1/s1. The monoisotopic (exact) mass is 336 g/mol. The molecule has 120 valence electrons. The quantitative estimate of drug-likeness (QED) is 0.775. The van der Waals surface area contributed by atoms with Crippen LogP contribution < -0.4 is 4.74 Å². The van der Waals surface area contributed by atoms with Gasteiger partial charge in [0.25, 0.3) is 10.1 Å². The number of benzene rings is 1. The van der Waals surface area contributed by atoms with E-state index in [4.69, 9.17) is 20.5 Å². The third-order valence-corrected chi connectivity index (χ3v) is 3.60. The van der Waals surface area contributed by atoms with Gasteiger partial charge in [0, 0.05) is 5.92 Å². The van der Waals surface area contributed by atoms with Crippen molar-refractivity contribution in [3.05, 3.63) is 28.8 Å². The zero-order valence-corrected chi connectivity index (χ0v) is 14.1. The molecular formula is C14H21ClO5S. The molecular weight excluding hydrogens is 316 g/mol. The molecule has 1 aromatic carbocycles. The Hall–Kier alpha value is -0.820. The number of hydrogen-bond donors (Lipinski definition) is 1.